The van der Waals surface area contributed by atoms with Gasteiger partial charge in [-0.2, -0.15) is 4.98 Å². The van der Waals surface area contributed by atoms with Crippen LogP contribution in [0, 0.1) is 0 Å². The molecule has 208 valence electrons. The van der Waals surface area contributed by atoms with E-state index in [9.17, 15) is 4.79 Å². The van der Waals surface area contributed by atoms with Crippen molar-refractivity contribution in [2.75, 3.05) is 44.4 Å². The van der Waals surface area contributed by atoms with Crippen LogP contribution in [0.1, 0.15) is 23.3 Å². The highest BCUT2D eigenvalue weighted by molar-refractivity contribution is 6.31. The fraction of sp³-hybridized carbons (Fsp3) is 0.276. The Kier molecular flexibility index (Phi) is 6.73. The van der Waals surface area contributed by atoms with E-state index in [1.54, 1.807) is 11.0 Å². The zero-order chi connectivity index (χ0) is 27.8. The third-order valence-electron chi connectivity index (χ3n) is 7.32. The van der Waals surface area contributed by atoms with Crippen LogP contribution in [0.15, 0.2) is 71.4 Å². The summed E-state index contributed by atoms with van der Waals surface area (Å²) in [6.45, 7) is 2.94. The number of hydrogen-bond acceptors (Lipinski definition) is 9. The molecule has 1 amide bonds. The zero-order valence-electron chi connectivity index (χ0n) is 22.0. The molecule has 7 rings (SSSR count). The fourth-order valence-corrected chi connectivity index (χ4v) is 5.52. The van der Waals surface area contributed by atoms with Gasteiger partial charge in [-0.25, -0.2) is 9.97 Å². The van der Waals surface area contributed by atoms with Gasteiger partial charge in [0, 0.05) is 37.8 Å². The number of aromatic nitrogens is 5. The van der Waals surface area contributed by atoms with Crippen LogP contribution in [0.3, 0.4) is 0 Å². The van der Waals surface area contributed by atoms with Crippen LogP contribution in [0.4, 0.5) is 5.82 Å². The molecule has 0 saturated carbocycles. The molecule has 1 unspecified atom stereocenters. The van der Waals surface area contributed by atoms with Gasteiger partial charge in [-0.15, -0.1) is 0 Å². The van der Waals surface area contributed by atoms with Crippen molar-refractivity contribution in [1.29, 1.82) is 0 Å². The van der Waals surface area contributed by atoms with Crippen LogP contribution in [-0.2, 0) is 16.0 Å². The molecule has 1 saturated heterocycles. The second-order valence-corrected chi connectivity index (χ2v) is 10.1. The summed E-state index contributed by atoms with van der Waals surface area (Å²) in [5.74, 6) is 1.59. The number of fused-ring (bicyclic) bond motifs is 3. The summed E-state index contributed by atoms with van der Waals surface area (Å²) in [6, 6.07) is 18.3. The number of morpholine rings is 1. The highest BCUT2D eigenvalue weighted by atomic mass is 35.5. The van der Waals surface area contributed by atoms with Crippen LogP contribution < -0.4 is 9.64 Å². The third kappa shape index (κ3) is 4.87. The van der Waals surface area contributed by atoms with Crippen molar-refractivity contribution < 1.29 is 18.8 Å². The Labute approximate surface area is 240 Å². The number of ether oxygens (including phenoxy) is 2. The van der Waals surface area contributed by atoms with E-state index in [0.29, 0.717) is 43.6 Å². The first kappa shape index (κ1) is 25.5. The van der Waals surface area contributed by atoms with Crippen LogP contribution in [-0.4, -0.2) is 74.8 Å². The van der Waals surface area contributed by atoms with Gasteiger partial charge in [-0.1, -0.05) is 53.2 Å². The maximum atomic E-state index is 13.7. The molecule has 5 aromatic rings. The first-order valence-electron chi connectivity index (χ1n) is 13.4. The Balaban J connectivity index is 1.17. The third-order valence-corrected chi connectivity index (χ3v) is 7.59. The monoisotopic (exact) mass is 571 g/mol. The molecule has 2 aliphatic rings. The summed E-state index contributed by atoms with van der Waals surface area (Å²) in [6.07, 6.45) is 2.50. The molecule has 1 fully saturated rings. The van der Waals surface area contributed by atoms with Crippen LogP contribution >= 0.6 is 11.6 Å². The number of hydrogen-bond donors (Lipinski definition) is 0. The molecule has 0 spiro atoms. The maximum absolute atomic E-state index is 13.7. The van der Waals surface area contributed by atoms with Crippen molar-refractivity contribution in [3.8, 4) is 17.1 Å². The number of nitrogens with zero attached hydrogens (tertiary/aromatic N) is 7. The van der Waals surface area contributed by atoms with E-state index >= 15 is 0 Å². The standard InChI is InChI=1S/C29H26ClN7O4/c30-27-21(9-10-22(32-27)35-14-16-39-17-15-35)40-18-24(38)37-13-11-20-25(36-12-5-4-8-23(36)31-20)26(37)29-33-28(34-41-29)19-6-2-1-3-7-19/h1-10,12,26H,11,13-18H2. The Morgan fingerprint density at radius 3 is 2.63 bits per heavy atom. The SMILES string of the molecule is O=C(COc1ccc(N2CCOCC2)nc1Cl)N1CCc2nc3ccccn3c2C1c1nc(-c2ccccc2)no1. The molecule has 1 aromatic carbocycles. The van der Waals surface area contributed by atoms with Gasteiger partial charge in [0.05, 0.1) is 24.6 Å². The number of amides is 1. The summed E-state index contributed by atoms with van der Waals surface area (Å²) in [7, 11) is 0. The molecule has 41 heavy (non-hydrogen) atoms. The number of imidazole rings is 1. The molecular weight excluding hydrogens is 546 g/mol. The number of carbonyl (C=O) groups excluding carboxylic acids is 1. The molecule has 1 atom stereocenters. The van der Waals surface area contributed by atoms with Gasteiger partial charge in [0.2, 0.25) is 5.82 Å². The number of carbonyl (C=O) groups is 1. The number of pyridine rings is 2. The molecule has 12 heteroatoms. The van der Waals surface area contributed by atoms with E-state index in [2.05, 4.69) is 15.0 Å². The van der Waals surface area contributed by atoms with Gasteiger partial charge in [-0.05, 0) is 24.3 Å². The van der Waals surface area contributed by atoms with Crippen molar-refractivity contribution in [1.82, 2.24) is 29.4 Å². The van der Waals surface area contributed by atoms with Gasteiger partial charge in [0.25, 0.3) is 11.8 Å². The Morgan fingerprint density at radius 1 is 0.976 bits per heavy atom. The van der Waals surface area contributed by atoms with E-state index in [-0.39, 0.29) is 17.7 Å². The van der Waals surface area contributed by atoms with Crippen LogP contribution in [0.2, 0.25) is 5.15 Å². The lowest BCUT2D eigenvalue weighted by Crippen LogP contribution is -2.43. The summed E-state index contributed by atoms with van der Waals surface area (Å²) in [5.41, 5.74) is 3.31. The molecule has 0 radical (unpaired) electrons. The number of rotatable bonds is 6. The van der Waals surface area contributed by atoms with Gasteiger partial charge < -0.3 is 28.2 Å². The highest BCUT2D eigenvalue weighted by Gasteiger charge is 2.39. The minimum absolute atomic E-state index is 0.200. The predicted molar refractivity (Wildman–Crippen MR) is 150 cm³/mol. The molecule has 0 bridgehead atoms. The molecule has 0 aliphatic carbocycles. The quantitative estimate of drug-likeness (QED) is 0.281. The maximum Gasteiger partial charge on any atom is 0.261 e. The topological polar surface area (TPSA) is 111 Å². The largest absolute Gasteiger partial charge is 0.481 e. The second kappa shape index (κ2) is 10.8. The van der Waals surface area contributed by atoms with E-state index in [0.717, 1.165) is 41.5 Å². The Morgan fingerprint density at radius 2 is 1.80 bits per heavy atom. The summed E-state index contributed by atoms with van der Waals surface area (Å²) in [5, 5.41) is 4.42. The second-order valence-electron chi connectivity index (χ2n) is 9.78. The van der Waals surface area contributed by atoms with Crippen LogP contribution in [0.5, 0.6) is 5.75 Å². The molecular formula is C29H26ClN7O4. The van der Waals surface area contributed by atoms with Crippen LogP contribution in [0.25, 0.3) is 17.0 Å². The lowest BCUT2D eigenvalue weighted by molar-refractivity contribution is -0.136. The number of halogens is 1. The lowest BCUT2D eigenvalue weighted by Gasteiger charge is -2.33. The van der Waals surface area contributed by atoms with Crippen molar-refractivity contribution in [2.24, 2.45) is 0 Å². The van der Waals surface area contributed by atoms with E-state index in [1.807, 2.05) is 65.2 Å². The molecule has 6 heterocycles. The summed E-state index contributed by atoms with van der Waals surface area (Å²) < 4.78 is 19.1. The first-order valence-corrected chi connectivity index (χ1v) is 13.8. The predicted octanol–water partition coefficient (Wildman–Crippen LogP) is 3.82. The average Bonchev–Trinajstić information content (AvgIpc) is 3.66. The van der Waals surface area contributed by atoms with E-state index < -0.39 is 6.04 Å². The molecule has 4 aromatic heterocycles. The molecule has 2 aliphatic heterocycles. The first-order chi connectivity index (χ1) is 20.2. The lowest BCUT2D eigenvalue weighted by atomic mass is 10.0. The number of anilines is 1. The minimum Gasteiger partial charge on any atom is -0.481 e. The fourth-order valence-electron chi connectivity index (χ4n) is 5.32. The number of benzene rings is 1. The van der Waals surface area contributed by atoms with Gasteiger partial charge in [0.1, 0.15) is 11.5 Å². The highest BCUT2D eigenvalue weighted by Crippen LogP contribution is 2.36. The minimum atomic E-state index is -0.644. The summed E-state index contributed by atoms with van der Waals surface area (Å²) in [4.78, 5) is 31.5. The normalized spacial score (nSPS) is 17.0. The van der Waals surface area contributed by atoms with Crippen molar-refractivity contribution in [3.05, 3.63) is 89.3 Å². The van der Waals surface area contributed by atoms with E-state index in [4.69, 9.17) is 35.6 Å². The Hall–Kier alpha value is -4.48. The average molecular weight is 572 g/mol. The Bertz CT molecular complexity index is 1700. The molecule has 11 nitrogen and oxygen atoms in total. The zero-order valence-corrected chi connectivity index (χ0v) is 22.8. The van der Waals surface area contributed by atoms with Gasteiger partial charge in [0.15, 0.2) is 23.6 Å². The molecule has 0 N–H and O–H groups in total. The van der Waals surface area contributed by atoms with Crippen molar-refractivity contribution >= 4 is 29.0 Å². The van der Waals surface area contributed by atoms with E-state index in [1.165, 1.54) is 0 Å². The van der Waals surface area contributed by atoms with Gasteiger partial charge in [-0.3, -0.25) is 4.79 Å². The summed E-state index contributed by atoms with van der Waals surface area (Å²) >= 11 is 6.46. The van der Waals surface area contributed by atoms with Gasteiger partial charge >= 0.3 is 0 Å². The van der Waals surface area contributed by atoms with Crippen molar-refractivity contribution in [2.45, 2.75) is 12.5 Å². The smallest absolute Gasteiger partial charge is 0.261 e. The van der Waals surface area contributed by atoms with Crippen molar-refractivity contribution in [3.63, 3.8) is 0 Å².